The predicted molar refractivity (Wildman–Crippen MR) is 94.4 cm³/mol. The Labute approximate surface area is 119 Å². The molecule has 0 radical (unpaired) electrons. The van der Waals surface area contributed by atoms with Gasteiger partial charge in [0.2, 0.25) is 0 Å². The molecule has 0 saturated carbocycles. The van der Waals surface area contributed by atoms with E-state index in [-0.39, 0.29) is 45.2 Å². The molecular weight excluding hydrogens is 324 g/mol. The van der Waals surface area contributed by atoms with Crippen molar-refractivity contribution in [1.82, 2.24) is 0 Å². The van der Waals surface area contributed by atoms with Crippen molar-refractivity contribution in [3.63, 3.8) is 0 Å². The molecule has 0 aromatic carbocycles. The van der Waals surface area contributed by atoms with Gasteiger partial charge in [0.25, 0.3) is 0 Å². The van der Waals surface area contributed by atoms with E-state index in [2.05, 4.69) is 65.2 Å². The average molecular weight is 354 g/mol. The van der Waals surface area contributed by atoms with Crippen LogP contribution >= 0.6 is 31.7 Å². The molecule has 0 rings (SSSR count). The second-order valence-electron chi connectivity index (χ2n) is 5.01. The van der Waals surface area contributed by atoms with Gasteiger partial charge in [0, 0.05) is 0 Å². The maximum absolute atomic E-state index is 2.63. The van der Waals surface area contributed by atoms with Crippen molar-refractivity contribution >= 4 is 36.6 Å². The van der Waals surface area contributed by atoms with Crippen molar-refractivity contribution in [2.45, 2.75) is 15.5 Å². The first kappa shape index (κ1) is 19.1. The van der Waals surface area contributed by atoms with Gasteiger partial charge in [-0.05, 0) is 0 Å². The molecule has 0 amide bonds. The fourth-order valence-corrected chi connectivity index (χ4v) is 24.9. The molecule has 0 atom stereocenters. The van der Waals surface area contributed by atoms with Gasteiger partial charge in [-0.2, -0.15) is 0 Å². The van der Waals surface area contributed by atoms with E-state index in [1.807, 2.05) is 0 Å². The molecule has 0 bridgehead atoms. The van der Waals surface area contributed by atoms with E-state index in [9.17, 15) is 0 Å². The molecule has 0 nitrogen and oxygen atoms in total. The van der Waals surface area contributed by atoms with E-state index in [1.165, 1.54) is 0 Å². The summed E-state index contributed by atoms with van der Waals surface area (Å²) in [6.45, 7) is 22.4. The van der Waals surface area contributed by atoms with E-state index < -0.39 is 0 Å². The molecule has 106 valence electrons. The first-order valence-electron chi connectivity index (χ1n) is 5.80. The summed E-state index contributed by atoms with van der Waals surface area (Å²) in [4.78, 5) is 2.63. The summed E-state index contributed by atoms with van der Waals surface area (Å²) in [5.74, 6) is 0. The Morgan fingerprint density at radius 3 is 1.00 bits per heavy atom. The molecule has 0 saturated heterocycles. The van der Waals surface area contributed by atoms with Gasteiger partial charge in [-0.3, -0.25) is 0 Å². The molecule has 0 aromatic heterocycles. The number of rotatable bonds is 6. The standard InChI is InChI=1S/2C5H13P2.C2H4.Fe/c2*1-6(2)5-7(3)4;1-2;/h2*5H,1-4H3;1H,2H3;. The van der Waals surface area contributed by atoms with E-state index >= 15 is 0 Å². The molecule has 0 aromatic rings. The molecule has 5 heteroatoms. The fraction of sp³-hybridized carbons (Fsp3) is 0.917. The van der Waals surface area contributed by atoms with Crippen LogP contribution in [0.5, 0.6) is 0 Å². The molecule has 0 unspecified atom stereocenters. The minimum absolute atomic E-state index is 0.0607. The molecule has 0 heterocycles. The zero-order chi connectivity index (χ0) is 13.7. The van der Waals surface area contributed by atoms with E-state index in [0.29, 0.717) is 0 Å². The van der Waals surface area contributed by atoms with Crippen molar-refractivity contribution in [3.8, 4) is 0 Å². The summed E-state index contributed by atoms with van der Waals surface area (Å²) in [7, 11) is 0.899. The third kappa shape index (κ3) is 5.95. The first-order valence-corrected chi connectivity index (χ1v) is 16.9. The van der Waals surface area contributed by atoms with E-state index in [1.54, 1.807) is 0 Å². The zero-order valence-electron chi connectivity index (χ0n) is 12.9. The fourth-order valence-electron chi connectivity index (χ4n) is 2.07. The molecular formula is C12H30FeP4. The molecule has 17 heavy (non-hydrogen) atoms. The van der Waals surface area contributed by atoms with Gasteiger partial charge < -0.3 is 0 Å². The van der Waals surface area contributed by atoms with Gasteiger partial charge in [0.05, 0.1) is 0 Å². The van der Waals surface area contributed by atoms with E-state index in [0.717, 1.165) is 8.60 Å². The summed E-state index contributed by atoms with van der Waals surface area (Å²) in [6, 6.07) is 0. The maximum atomic E-state index is 2.63. The molecule has 0 aliphatic carbocycles. The van der Waals surface area contributed by atoms with Crippen LogP contribution in [0.15, 0.2) is 0 Å². The Hall–Kier alpha value is 2.11. The summed E-state index contributed by atoms with van der Waals surface area (Å²) < 4.78 is 2.12. The Morgan fingerprint density at radius 1 is 0.647 bits per heavy atom. The van der Waals surface area contributed by atoms with Crippen molar-refractivity contribution < 1.29 is 13.5 Å². The minimum atomic E-state index is -0.0607. The van der Waals surface area contributed by atoms with Gasteiger partial charge in [-0.25, -0.2) is 0 Å². The average Bonchev–Trinajstić information content (AvgIpc) is 2.13. The SMILES string of the molecule is C[CH]=[Fe]([CH](P(C)C)P(C)C)[CH](P(C)C)P(C)C. The quantitative estimate of drug-likeness (QED) is 0.467. The predicted octanol–water partition coefficient (Wildman–Crippen LogP) is 4.96. The van der Waals surface area contributed by atoms with Gasteiger partial charge in [0.1, 0.15) is 0 Å². The van der Waals surface area contributed by atoms with Gasteiger partial charge >= 0.3 is 119 Å². The van der Waals surface area contributed by atoms with E-state index in [4.69, 9.17) is 0 Å². The second-order valence-corrected chi connectivity index (χ2v) is 20.5. The molecule has 0 aliphatic rings. The molecule has 0 aliphatic heterocycles. The van der Waals surface area contributed by atoms with Crippen LogP contribution < -0.4 is 0 Å². The molecule has 0 N–H and O–H groups in total. The van der Waals surface area contributed by atoms with Crippen LogP contribution in [-0.4, -0.2) is 66.8 Å². The topological polar surface area (TPSA) is 0 Å². The number of hydrogen-bond acceptors (Lipinski definition) is 0. The van der Waals surface area contributed by atoms with Gasteiger partial charge in [-0.15, -0.1) is 0 Å². The summed E-state index contributed by atoms with van der Waals surface area (Å²) in [6.07, 6.45) is 0. The van der Waals surface area contributed by atoms with Crippen LogP contribution in [0.2, 0.25) is 0 Å². The monoisotopic (exact) mass is 354 g/mol. The van der Waals surface area contributed by atoms with Crippen LogP contribution in [0.25, 0.3) is 0 Å². The third-order valence-electron chi connectivity index (χ3n) is 2.31. The normalized spacial score (nSPS) is 13.7. The van der Waals surface area contributed by atoms with Crippen LogP contribution in [0.4, 0.5) is 0 Å². The van der Waals surface area contributed by atoms with Crippen LogP contribution in [0, 0.1) is 0 Å². The Morgan fingerprint density at radius 2 is 0.882 bits per heavy atom. The Kier molecular flexibility index (Phi) is 10.3. The molecule has 0 fully saturated rings. The Balaban J connectivity index is 5.28. The van der Waals surface area contributed by atoms with Crippen LogP contribution in [0.3, 0.4) is 0 Å². The molecule has 0 spiro atoms. The second kappa shape index (κ2) is 9.12. The Bertz CT molecular complexity index is 211. The first-order chi connectivity index (χ1) is 7.73. The zero-order valence-corrected chi connectivity index (χ0v) is 17.6. The van der Waals surface area contributed by atoms with Crippen LogP contribution in [-0.2, 0) is 13.5 Å². The van der Waals surface area contributed by atoms with Crippen molar-refractivity contribution in [2.75, 3.05) is 53.3 Å². The van der Waals surface area contributed by atoms with Crippen molar-refractivity contribution in [1.29, 1.82) is 0 Å². The third-order valence-corrected chi connectivity index (χ3v) is 23.5. The summed E-state index contributed by atoms with van der Waals surface area (Å²) in [5.41, 5.74) is 0. The summed E-state index contributed by atoms with van der Waals surface area (Å²) >= 11 is -0.0607. The van der Waals surface area contributed by atoms with Gasteiger partial charge in [-0.1, -0.05) is 0 Å². The van der Waals surface area contributed by atoms with Crippen molar-refractivity contribution in [3.05, 3.63) is 0 Å². The number of hydrogen-bond donors (Lipinski definition) is 0. The van der Waals surface area contributed by atoms with Crippen LogP contribution in [0.1, 0.15) is 6.92 Å². The summed E-state index contributed by atoms with van der Waals surface area (Å²) in [5, 5.41) is 0. The van der Waals surface area contributed by atoms with Gasteiger partial charge in [0.15, 0.2) is 0 Å². The van der Waals surface area contributed by atoms with Crippen molar-refractivity contribution in [2.24, 2.45) is 0 Å².